The summed E-state index contributed by atoms with van der Waals surface area (Å²) in [6.07, 6.45) is 0.666. The van der Waals surface area contributed by atoms with Crippen molar-refractivity contribution in [1.82, 2.24) is 5.32 Å². The van der Waals surface area contributed by atoms with Gasteiger partial charge in [-0.05, 0) is 30.8 Å². The largest absolute Gasteiger partial charge is 0.466 e. The van der Waals surface area contributed by atoms with E-state index in [0.29, 0.717) is 12.3 Å². The van der Waals surface area contributed by atoms with E-state index in [2.05, 4.69) is 10.6 Å². The van der Waals surface area contributed by atoms with Crippen molar-refractivity contribution >= 4 is 40.8 Å². The number of amides is 2. The summed E-state index contributed by atoms with van der Waals surface area (Å²) in [4.78, 5) is 34.3. The summed E-state index contributed by atoms with van der Waals surface area (Å²) in [5, 5.41) is 5.17. The Bertz CT molecular complexity index is 604. The summed E-state index contributed by atoms with van der Waals surface area (Å²) in [5.41, 5.74) is 5.90. The van der Waals surface area contributed by atoms with Gasteiger partial charge in [0.2, 0.25) is 5.91 Å². The van der Waals surface area contributed by atoms with E-state index in [9.17, 15) is 14.4 Å². The number of primary amides is 1. The lowest BCUT2D eigenvalue weighted by Crippen LogP contribution is -2.35. The first-order valence-electron chi connectivity index (χ1n) is 7.09. The van der Waals surface area contributed by atoms with Crippen LogP contribution in [0.15, 0.2) is 24.3 Å². The normalized spacial score (nSPS) is 9.78. The van der Waals surface area contributed by atoms with Gasteiger partial charge in [-0.25, -0.2) is 0 Å². The van der Waals surface area contributed by atoms with Crippen LogP contribution in [0.2, 0.25) is 0 Å². The van der Waals surface area contributed by atoms with Gasteiger partial charge in [-0.3, -0.25) is 14.4 Å². The maximum Gasteiger partial charge on any atom is 0.306 e. The number of esters is 1. The molecule has 0 fully saturated rings. The Labute approximate surface area is 139 Å². The summed E-state index contributed by atoms with van der Waals surface area (Å²) < 4.78 is 4.87. The molecule has 0 unspecified atom stereocenters. The quantitative estimate of drug-likeness (QED) is 0.511. The molecule has 124 valence electrons. The topological polar surface area (TPSA) is 111 Å². The first-order chi connectivity index (χ1) is 10.9. The number of anilines is 1. The van der Waals surface area contributed by atoms with Gasteiger partial charge < -0.3 is 21.1 Å². The molecule has 2 amide bonds. The number of para-hydroxylation sites is 1. The molecule has 0 spiro atoms. The number of hydrogen-bond acceptors (Lipinski definition) is 5. The second-order valence-electron chi connectivity index (χ2n) is 4.63. The minimum atomic E-state index is -0.610. The highest BCUT2D eigenvalue weighted by atomic mass is 32.1. The summed E-state index contributed by atoms with van der Waals surface area (Å²) in [5.74, 6) is -1.46. The number of nitrogens with one attached hydrogen (secondary N) is 2. The van der Waals surface area contributed by atoms with Gasteiger partial charge >= 0.3 is 5.97 Å². The molecule has 0 aromatic heterocycles. The predicted octanol–water partition coefficient (Wildman–Crippen LogP) is 1.33. The van der Waals surface area contributed by atoms with Crippen molar-refractivity contribution in [2.24, 2.45) is 5.73 Å². The maximum absolute atomic E-state index is 11.7. The number of rotatable bonds is 7. The van der Waals surface area contributed by atoms with Crippen LogP contribution in [-0.2, 0) is 14.3 Å². The highest BCUT2D eigenvalue weighted by Gasteiger charge is 2.12. The summed E-state index contributed by atoms with van der Waals surface area (Å²) in [6.45, 7) is 2.22. The fourth-order valence-electron chi connectivity index (χ4n) is 1.65. The molecule has 0 atom stereocenters. The van der Waals surface area contributed by atoms with Gasteiger partial charge in [0.05, 0.1) is 24.3 Å². The summed E-state index contributed by atoms with van der Waals surface area (Å²) >= 11 is 5.00. The average Bonchev–Trinajstić information content (AvgIpc) is 2.51. The van der Waals surface area contributed by atoms with Crippen LogP contribution in [0.3, 0.4) is 0 Å². The molecule has 1 aromatic carbocycles. The van der Waals surface area contributed by atoms with Crippen molar-refractivity contribution in [3.05, 3.63) is 29.8 Å². The number of carbonyl (C=O) groups is 3. The lowest BCUT2D eigenvalue weighted by Gasteiger charge is -2.11. The first kappa shape index (κ1) is 18.6. The third-order valence-corrected chi connectivity index (χ3v) is 2.92. The zero-order valence-corrected chi connectivity index (χ0v) is 13.6. The van der Waals surface area contributed by atoms with E-state index in [1.165, 1.54) is 0 Å². The van der Waals surface area contributed by atoms with Gasteiger partial charge in [0, 0.05) is 6.42 Å². The Morgan fingerprint density at radius 3 is 2.57 bits per heavy atom. The monoisotopic (exact) mass is 337 g/mol. The number of nitrogens with two attached hydrogens (primary N) is 1. The van der Waals surface area contributed by atoms with Crippen LogP contribution < -0.4 is 16.4 Å². The van der Waals surface area contributed by atoms with Gasteiger partial charge in [0.15, 0.2) is 5.11 Å². The van der Waals surface area contributed by atoms with E-state index in [0.717, 1.165) is 6.42 Å². The molecule has 1 rings (SSSR count). The molecule has 0 bridgehead atoms. The van der Waals surface area contributed by atoms with Crippen molar-refractivity contribution in [1.29, 1.82) is 0 Å². The Morgan fingerprint density at radius 1 is 1.22 bits per heavy atom. The Hall–Kier alpha value is -2.48. The van der Waals surface area contributed by atoms with Crippen LogP contribution in [-0.4, -0.2) is 29.5 Å². The van der Waals surface area contributed by atoms with Crippen molar-refractivity contribution < 1.29 is 19.1 Å². The van der Waals surface area contributed by atoms with Crippen molar-refractivity contribution in [2.45, 2.75) is 26.2 Å². The fourth-order valence-corrected chi connectivity index (χ4v) is 1.88. The van der Waals surface area contributed by atoms with Crippen LogP contribution in [0.1, 0.15) is 36.5 Å². The molecule has 0 radical (unpaired) electrons. The SMILES string of the molecule is CCCOC(=O)CCC(=O)NC(=S)Nc1ccccc1C(N)=O. The van der Waals surface area contributed by atoms with Crippen LogP contribution in [0, 0.1) is 0 Å². The van der Waals surface area contributed by atoms with Crippen LogP contribution in [0.25, 0.3) is 0 Å². The van der Waals surface area contributed by atoms with E-state index in [1.807, 2.05) is 6.92 Å². The molecule has 1 aromatic rings. The number of ether oxygens (including phenoxy) is 1. The Morgan fingerprint density at radius 2 is 1.91 bits per heavy atom. The van der Waals surface area contributed by atoms with Crippen LogP contribution >= 0.6 is 12.2 Å². The minimum Gasteiger partial charge on any atom is -0.466 e. The smallest absolute Gasteiger partial charge is 0.306 e. The minimum absolute atomic E-state index is 0.0191. The molecular weight excluding hydrogens is 318 g/mol. The molecule has 23 heavy (non-hydrogen) atoms. The van der Waals surface area contributed by atoms with Gasteiger partial charge in [-0.15, -0.1) is 0 Å². The van der Waals surface area contributed by atoms with Crippen LogP contribution in [0.4, 0.5) is 5.69 Å². The van der Waals surface area contributed by atoms with Crippen molar-refractivity contribution in [3.63, 3.8) is 0 Å². The molecule has 0 saturated heterocycles. The van der Waals surface area contributed by atoms with Crippen molar-refractivity contribution in [2.75, 3.05) is 11.9 Å². The highest BCUT2D eigenvalue weighted by Crippen LogP contribution is 2.13. The number of thiocarbonyl (C=S) groups is 1. The maximum atomic E-state index is 11.7. The summed E-state index contributed by atoms with van der Waals surface area (Å²) in [6, 6.07) is 6.51. The molecule has 4 N–H and O–H groups in total. The summed E-state index contributed by atoms with van der Waals surface area (Å²) in [7, 11) is 0. The van der Waals surface area contributed by atoms with Gasteiger partial charge in [-0.1, -0.05) is 19.1 Å². The van der Waals surface area contributed by atoms with E-state index in [4.69, 9.17) is 22.7 Å². The van der Waals surface area contributed by atoms with Gasteiger partial charge in [0.1, 0.15) is 0 Å². The predicted molar refractivity (Wildman–Crippen MR) is 89.8 cm³/mol. The Balaban J connectivity index is 2.46. The molecule has 0 aliphatic rings. The highest BCUT2D eigenvalue weighted by molar-refractivity contribution is 7.80. The van der Waals surface area contributed by atoms with E-state index in [1.54, 1.807) is 24.3 Å². The zero-order valence-electron chi connectivity index (χ0n) is 12.8. The fraction of sp³-hybridized carbons (Fsp3) is 0.333. The molecule has 7 nitrogen and oxygen atoms in total. The molecular formula is C15H19N3O4S. The molecule has 0 aliphatic heterocycles. The third-order valence-electron chi connectivity index (χ3n) is 2.72. The van der Waals surface area contributed by atoms with Gasteiger partial charge in [-0.2, -0.15) is 0 Å². The molecule has 0 saturated carbocycles. The van der Waals surface area contributed by atoms with E-state index >= 15 is 0 Å². The zero-order chi connectivity index (χ0) is 17.2. The number of benzene rings is 1. The molecule has 0 heterocycles. The Kier molecular flexibility index (Phi) is 7.69. The molecule has 8 heteroatoms. The third kappa shape index (κ3) is 6.88. The number of carbonyl (C=O) groups excluding carboxylic acids is 3. The lowest BCUT2D eigenvalue weighted by molar-refractivity contribution is -0.144. The van der Waals surface area contributed by atoms with Crippen LogP contribution in [0.5, 0.6) is 0 Å². The van der Waals surface area contributed by atoms with Gasteiger partial charge in [0.25, 0.3) is 5.91 Å². The van der Waals surface area contributed by atoms with E-state index in [-0.39, 0.29) is 23.5 Å². The average molecular weight is 337 g/mol. The number of hydrogen-bond donors (Lipinski definition) is 3. The second kappa shape index (κ2) is 9.52. The van der Waals surface area contributed by atoms with E-state index < -0.39 is 17.8 Å². The van der Waals surface area contributed by atoms with Crippen molar-refractivity contribution in [3.8, 4) is 0 Å². The molecule has 0 aliphatic carbocycles. The lowest BCUT2D eigenvalue weighted by atomic mass is 10.1. The first-order valence-corrected chi connectivity index (χ1v) is 7.50. The standard InChI is InChI=1S/C15H19N3O4S/c1-2-9-22-13(20)8-7-12(19)18-15(23)17-11-6-4-3-5-10(11)14(16)21/h3-6H,2,7-9H2,1H3,(H2,16,21)(H2,17,18,19,23). The second-order valence-corrected chi connectivity index (χ2v) is 5.04.